The molecule has 0 aromatic carbocycles. The zero-order valence-corrected chi connectivity index (χ0v) is 12.0. The Bertz CT molecular complexity index is 540. The lowest BCUT2D eigenvalue weighted by Gasteiger charge is -1.98. The highest BCUT2D eigenvalue weighted by atomic mass is 35.5. The van der Waals surface area contributed by atoms with Crippen LogP contribution in [0.3, 0.4) is 0 Å². The Morgan fingerprint density at radius 3 is 2.68 bits per heavy atom. The van der Waals surface area contributed by atoms with Crippen LogP contribution in [0.15, 0.2) is 53.2 Å². The molecule has 2 heterocycles. The number of amides is 1. The molecule has 0 saturated heterocycles. The third-order valence-electron chi connectivity index (χ3n) is 2.33. The van der Waals surface area contributed by atoms with Crippen LogP contribution in [0.4, 0.5) is 0 Å². The van der Waals surface area contributed by atoms with Crippen LogP contribution in [0, 0.1) is 0 Å². The molecule has 0 spiro atoms. The highest BCUT2D eigenvalue weighted by Crippen LogP contribution is 2.08. The molecule has 0 bridgehead atoms. The van der Waals surface area contributed by atoms with Crippen molar-refractivity contribution in [2.75, 3.05) is 0 Å². The van der Waals surface area contributed by atoms with Crippen molar-refractivity contribution in [1.29, 1.82) is 0 Å². The number of hydrogen-bond acceptors (Lipinski definition) is 3. The van der Waals surface area contributed by atoms with Gasteiger partial charge in [-0.15, -0.1) is 11.3 Å². The maximum absolute atomic E-state index is 11.7. The Morgan fingerprint density at radius 2 is 2.05 bits per heavy atom. The smallest absolute Gasteiger partial charge is 0.305 e. The summed E-state index contributed by atoms with van der Waals surface area (Å²) in [4.78, 5) is 12.7. The summed E-state index contributed by atoms with van der Waals surface area (Å²) in [5.74, 6) is -0.137. The summed E-state index contributed by atoms with van der Waals surface area (Å²) >= 11 is 1.60. The van der Waals surface area contributed by atoms with Gasteiger partial charge in [0.2, 0.25) is 6.54 Å². The normalized spacial score (nSPS) is 10.7. The Morgan fingerprint density at radius 1 is 1.32 bits per heavy atom. The van der Waals surface area contributed by atoms with Crippen LogP contribution in [0.25, 0.3) is 0 Å². The van der Waals surface area contributed by atoms with Gasteiger partial charge >= 0.3 is 5.91 Å². The number of hydrazone groups is 1. The van der Waals surface area contributed by atoms with Crippen molar-refractivity contribution in [1.82, 2.24) is 5.43 Å². The molecule has 2 rings (SSSR count). The molecular formula is C13H14ClN3OS. The predicted octanol–water partition coefficient (Wildman–Crippen LogP) is -1.42. The molecule has 0 saturated carbocycles. The number of carbonyl (C=O) groups is 1. The summed E-state index contributed by atoms with van der Waals surface area (Å²) in [6.45, 7) is 2.14. The van der Waals surface area contributed by atoms with E-state index in [2.05, 4.69) is 10.5 Å². The highest BCUT2D eigenvalue weighted by molar-refractivity contribution is 7.12. The van der Waals surface area contributed by atoms with Crippen LogP contribution >= 0.6 is 11.3 Å². The van der Waals surface area contributed by atoms with Crippen molar-refractivity contribution in [3.05, 3.63) is 53.0 Å². The molecule has 4 nitrogen and oxygen atoms in total. The maximum Gasteiger partial charge on any atom is 0.305 e. The third kappa shape index (κ3) is 4.81. The largest absolute Gasteiger partial charge is 1.00 e. The second-order valence-electron chi connectivity index (χ2n) is 3.76. The topological polar surface area (TPSA) is 45.3 Å². The first-order valence-electron chi connectivity index (χ1n) is 5.57. The Kier molecular flexibility index (Phi) is 6.18. The number of pyridine rings is 1. The Balaban J connectivity index is 0.00000180. The molecular weight excluding hydrogens is 282 g/mol. The molecule has 2 aromatic rings. The van der Waals surface area contributed by atoms with Crippen molar-refractivity contribution in [2.45, 2.75) is 13.5 Å². The van der Waals surface area contributed by atoms with Crippen LogP contribution in [0.2, 0.25) is 0 Å². The van der Waals surface area contributed by atoms with E-state index >= 15 is 0 Å². The van der Waals surface area contributed by atoms with Gasteiger partial charge in [-0.05, 0) is 18.4 Å². The molecule has 0 radical (unpaired) electrons. The zero-order chi connectivity index (χ0) is 12.8. The lowest BCUT2D eigenvalue weighted by molar-refractivity contribution is -0.684. The minimum absolute atomic E-state index is 0. The van der Waals surface area contributed by atoms with E-state index in [9.17, 15) is 4.79 Å². The van der Waals surface area contributed by atoms with Gasteiger partial charge in [0.05, 0.1) is 5.71 Å². The van der Waals surface area contributed by atoms with Gasteiger partial charge in [-0.3, -0.25) is 4.79 Å². The summed E-state index contributed by atoms with van der Waals surface area (Å²) in [6.07, 6.45) is 3.69. The quantitative estimate of drug-likeness (QED) is 0.420. The van der Waals surface area contributed by atoms with E-state index in [0.29, 0.717) is 0 Å². The van der Waals surface area contributed by atoms with Crippen molar-refractivity contribution in [3.63, 3.8) is 0 Å². The number of nitrogens with one attached hydrogen (secondary N) is 1. The summed E-state index contributed by atoms with van der Waals surface area (Å²) in [5.41, 5.74) is 3.37. The van der Waals surface area contributed by atoms with Crippen molar-refractivity contribution >= 4 is 23.0 Å². The van der Waals surface area contributed by atoms with Crippen LogP contribution in [0.5, 0.6) is 0 Å². The number of halogens is 1. The fourth-order valence-corrected chi connectivity index (χ4v) is 2.10. The minimum Gasteiger partial charge on any atom is -1.00 e. The van der Waals surface area contributed by atoms with Gasteiger partial charge < -0.3 is 12.4 Å². The summed E-state index contributed by atoms with van der Waals surface area (Å²) in [6, 6.07) is 9.61. The molecule has 0 aliphatic rings. The lowest BCUT2D eigenvalue weighted by Crippen LogP contribution is -3.00. The van der Waals surface area contributed by atoms with Crippen molar-refractivity contribution in [3.8, 4) is 0 Å². The van der Waals surface area contributed by atoms with E-state index in [4.69, 9.17) is 0 Å². The molecule has 0 aliphatic heterocycles. The van der Waals surface area contributed by atoms with Gasteiger partial charge in [0.15, 0.2) is 12.4 Å². The number of nitrogens with zero attached hydrogens (tertiary/aromatic N) is 2. The van der Waals surface area contributed by atoms with E-state index in [1.54, 1.807) is 15.9 Å². The first-order chi connectivity index (χ1) is 8.75. The SMILES string of the molecule is C/C(=N\NC(=O)C[n+]1ccccc1)c1cccs1.[Cl-]. The molecule has 100 valence electrons. The van der Waals surface area contributed by atoms with Gasteiger partial charge in [-0.1, -0.05) is 12.1 Å². The average Bonchev–Trinajstić information content (AvgIpc) is 2.91. The average molecular weight is 296 g/mol. The van der Waals surface area contributed by atoms with Crippen LogP contribution in [-0.2, 0) is 11.3 Å². The summed E-state index contributed by atoms with van der Waals surface area (Å²) in [7, 11) is 0. The second-order valence-corrected chi connectivity index (χ2v) is 4.71. The molecule has 2 aromatic heterocycles. The molecule has 19 heavy (non-hydrogen) atoms. The standard InChI is InChI=1S/C13H13N3OS.ClH/c1-11(12-6-5-9-18-12)14-15-13(17)10-16-7-3-2-4-8-16;/h2-9H,10H2,1H3;1H/b14-11+;. The number of rotatable bonds is 4. The number of aromatic nitrogens is 1. The van der Waals surface area contributed by atoms with E-state index in [0.717, 1.165) is 10.6 Å². The van der Waals surface area contributed by atoms with E-state index in [-0.39, 0.29) is 24.9 Å². The van der Waals surface area contributed by atoms with Gasteiger partial charge in [0, 0.05) is 17.0 Å². The Hall–Kier alpha value is -1.72. The fraction of sp³-hybridized carbons (Fsp3) is 0.154. The number of carbonyl (C=O) groups excluding carboxylic acids is 1. The van der Waals surface area contributed by atoms with Gasteiger partial charge in [0.25, 0.3) is 0 Å². The molecule has 0 fully saturated rings. The molecule has 0 atom stereocenters. The maximum atomic E-state index is 11.7. The Labute approximate surface area is 122 Å². The molecule has 0 unspecified atom stereocenters. The van der Waals surface area contributed by atoms with Gasteiger partial charge in [-0.2, -0.15) is 9.67 Å². The van der Waals surface area contributed by atoms with Crippen molar-refractivity contribution in [2.24, 2.45) is 5.10 Å². The van der Waals surface area contributed by atoms with Crippen LogP contribution < -0.4 is 22.4 Å². The molecule has 1 amide bonds. The summed E-state index contributed by atoms with van der Waals surface area (Å²) in [5, 5.41) is 6.06. The fourth-order valence-electron chi connectivity index (χ4n) is 1.43. The zero-order valence-electron chi connectivity index (χ0n) is 10.4. The number of hydrogen-bond donors (Lipinski definition) is 1. The second kappa shape index (κ2) is 7.66. The van der Waals surface area contributed by atoms with Gasteiger partial charge in [-0.25, -0.2) is 5.43 Å². The predicted molar refractivity (Wildman–Crippen MR) is 71.3 cm³/mol. The molecule has 6 heteroatoms. The minimum atomic E-state index is -0.137. The van der Waals surface area contributed by atoms with Crippen molar-refractivity contribution < 1.29 is 21.8 Å². The first-order valence-corrected chi connectivity index (χ1v) is 6.45. The molecule has 1 N–H and O–H groups in total. The number of thiophene rings is 1. The van der Waals surface area contributed by atoms with Crippen LogP contribution in [-0.4, -0.2) is 11.6 Å². The highest BCUT2D eigenvalue weighted by Gasteiger charge is 2.07. The van der Waals surface area contributed by atoms with Gasteiger partial charge in [0.1, 0.15) is 0 Å². The lowest BCUT2D eigenvalue weighted by atomic mass is 10.3. The monoisotopic (exact) mass is 295 g/mol. The first kappa shape index (κ1) is 15.3. The van der Waals surface area contributed by atoms with Crippen LogP contribution in [0.1, 0.15) is 11.8 Å². The molecule has 0 aliphatic carbocycles. The van der Waals surface area contributed by atoms with E-state index in [1.165, 1.54) is 0 Å². The summed E-state index contributed by atoms with van der Waals surface area (Å²) < 4.78 is 1.80. The third-order valence-corrected chi connectivity index (χ3v) is 3.31. The van der Waals surface area contributed by atoms with E-state index < -0.39 is 0 Å². The van der Waals surface area contributed by atoms with E-state index in [1.807, 2.05) is 55.0 Å².